The molecule has 1 aliphatic rings. The van der Waals surface area contributed by atoms with Gasteiger partial charge in [-0.3, -0.25) is 0 Å². The molecule has 3 radical (unpaired) electrons. The monoisotopic (exact) mass is 769 g/mol. The van der Waals surface area contributed by atoms with Gasteiger partial charge in [0, 0.05) is 0 Å². The number of nitrogens with zero attached hydrogens (tertiary/aromatic N) is 4. The summed E-state index contributed by atoms with van der Waals surface area (Å²) >= 11 is 0. The number of furan rings is 1. The maximum atomic E-state index is 6.98. The molecule has 0 saturated carbocycles. The molecule has 59 heavy (non-hydrogen) atoms. The molecule has 10 heteroatoms. The molecule has 0 saturated heterocycles. The van der Waals surface area contributed by atoms with E-state index in [9.17, 15) is 0 Å². The van der Waals surface area contributed by atoms with E-state index in [4.69, 9.17) is 23.8 Å². The Labute approximate surface area is 352 Å². The topological polar surface area (TPSA) is 77.8 Å². The van der Waals surface area contributed by atoms with Crippen molar-refractivity contribution in [3.63, 3.8) is 0 Å². The number of hydrogen-bond acceptors (Lipinski definition) is 6. The van der Waals surface area contributed by atoms with Crippen LogP contribution >= 0.6 is 0 Å². The van der Waals surface area contributed by atoms with Crippen molar-refractivity contribution in [2.75, 3.05) is 0 Å². The Morgan fingerprint density at radius 1 is 0.864 bits per heavy atom. The van der Waals surface area contributed by atoms with Crippen LogP contribution in [0.15, 0.2) is 125 Å². The van der Waals surface area contributed by atoms with Crippen molar-refractivity contribution in [2.45, 2.75) is 67.3 Å². The standard InChI is InChI=1S/C49H49B4N4O2/c1-13-16-18-29(4)46-55-47(34(17-14-2)25-50-9)57-48(56-46)40(53-12)24-32(15-3)37(27-52-11)44-31(6)36(26-51-10)43(59-44)30(5)33-19-20-35-39(23-33)49(7,8)38-21-22-41-45(42(35)38)58-28-54-41/h13-28H,1,4-5H2,2-3,6-12H3/b17-14-,18-16-,32-15+,34-25+,37-27-,40-24-. The summed E-state index contributed by atoms with van der Waals surface area (Å²) in [5.41, 5.74) is 14.1. The zero-order valence-corrected chi connectivity index (χ0v) is 35.8. The van der Waals surface area contributed by atoms with E-state index in [-0.39, 0.29) is 5.41 Å². The van der Waals surface area contributed by atoms with Crippen LogP contribution in [-0.4, -0.2) is 54.7 Å². The smallest absolute Gasteiger partial charge is 0.112 e. The summed E-state index contributed by atoms with van der Waals surface area (Å²) in [6.45, 7) is 33.4. The minimum atomic E-state index is -0.249. The van der Waals surface area contributed by atoms with Gasteiger partial charge >= 0.3 is 284 Å². The molecular formula is C49H49B4N4O2. The van der Waals surface area contributed by atoms with Crippen molar-refractivity contribution in [2.24, 2.45) is 0 Å². The molecule has 6 nitrogen and oxygen atoms in total. The van der Waals surface area contributed by atoms with Crippen molar-refractivity contribution >= 4 is 73.6 Å². The molecule has 0 bridgehead atoms. The predicted molar refractivity (Wildman–Crippen MR) is 255 cm³/mol. The van der Waals surface area contributed by atoms with Crippen LogP contribution in [0.25, 0.3) is 50.0 Å². The second-order valence-corrected chi connectivity index (χ2v) is 14.8. The molecule has 3 aromatic heterocycles. The molecule has 5 aromatic rings. The second-order valence-electron chi connectivity index (χ2n) is 14.8. The van der Waals surface area contributed by atoms with Gasteiger partial charge in [-0.25, -0.2) is 0 Å². The van der Waals surface area contributed by atoms with E-state index in [1.165, 1.54) is 17.5 Å². The molecule has 0 aliphatic heterocycles. The first-order valence-corrected chi connectivity index (χ1v) is 20.0. The minimum absolute atomic E-state index is 0.249. The number of fused-ring (bicyclic) bond motifs is 5. The van der Waals surface area contributed by atoms with Crippen molar-refractivity contribution in [1.82, 2.24) is 19.9 Å². The van der Waals surface area contributed by atoms with Crippen molar-refractivity contribution in [1.29, 1.82) is 0 Å². The van der Waals surface area contributed by atoms with Crippen LogP contribution in [0.4, 0.5) is 0 Å². The van der Waals surface area contributed by atoms with E-state index in [0.717, 1.165) is 78.2 Å². The van der Waals surface area contributed by atoms with E-state index in [2.05, 4.69) is 93.9 Å². The summed E-state index contributed by atoms with van der Waals surface area (Å²) in [5, 5.41) is 0. The maximum absolute atomic E-state index is 6.98. The average molecular weight is 769 g/mol. The first-order chi connectivity index (χ1) is 28.5. The van der Waals surface area contributed by atoms with Crippen LogP contribution in [0.5, 0.6) is 0 Å². The van der Waals surface area contributed by atoms with Gasteiger partial charge in [0.05, 0.1) is 0 Å². The fraction of sp³-hybridized carbons (Fsp3) is 0.204. The van der Waals surface area contributed by atoms with Gasteiger partial charge in [-0.05, 0) is 6.92 Å². The summed E-state index contributed by atoms with van der Waals surface area (Å²) in [6, 6.07) is 10.8. The van der Waals surface area contributed by atoms with Crippen LogP contribution in [0.2, 0.25) is 27.3 Å². The summed E-state index contributed by atoms with van der Waals surface area (Å²) in [4.78, 5) is 19.2. The van der Waals surface area contributed by atoms with Crippen LogP contribution in [0.1, 0.15) is 84.5 Å². The quantitative estimate of drug-likeness (QED) is 0.0779. The van der Waals surface area contributed by atoms with Crippen molar-refractivity contribution < 1.29 is 8.83 Å². The third-order valence-corrected chi connectivity index (χ3v) is 10.7. The zero-order valence-electron chi connectivity index (χ0n) is 35.8. The Morgan fingerprint density at radius 2 is 1.61 bits per heavy atom. The fourth-order valence-corrected chi connectivity index (χ4v) is 7.67. The fourth-order valence-electron chi connectivity index (χ4n) is 7.67. The van der Waals surface area contributed by atoms with Gasteiger partial charge in [0.25, 0.3) is 0 Å². The Bertz CT molecular complexity index is 2700. The van der Waals surface area contributed by atoms with Gasteiger partial charge in [-0.15, -0.1) is 5.98 Å². The number of rotatable bonds is 15. The third kappa shape index (κ3) is 8.18. The Kier molecular flexibility index (Phi) is 13.2. The Morgan fingerprint density at radius 3 is 2.29 bits per heavy atom. The van der Waals surface area contributed by atoms with Gasteiger partial charge in [0.15, 0.2) is 0 Å². The van der Waals surface area contributed by atoms with Crippen LogP contribution in [0.3, 0.4) is 0 Å². The molecular weight excluding hydrogens is 720 g/mol. The first kappa shape index (κ1) is 42.6. The normalized spacial score (nSPS) is 14.3. The third-order valence-electron chi connectivity index (χ3n) is 10.7. The average Bonchev–Trinajstić information content (AvgIpc) is 3.91. The predicted octanol–water partition coefficient (Wildman–Crippen LogP) is 11.4. The number of aromatic nitrogens is 4. The molecule has 1 aliphatic carbocycles. The molecule has 0 unspecified atom stereocenters. The van der Waals surface area contributed by atoms with Gasteiger partial charge in [-0.2, -0.15) is 0 Å². The van der Waals surface area contributed by atoms with E-state index >= 15 is 0 Å². The molecule has 2 aromatic carbocycles. The Hall–Kier alpha value is -6.01. The van der Waals surface area contributed by atoms with E-state index in [0.29, 0.717) is 23.0 Å². The molecule has 6 rings (SSSR count). The molecule has 0 atom stereocenters. The molecule has 0 spiro atoms. The Balaban J connectivity index is 1.45. The van der Waals surface area contributed by atoms with E-state index in [1.807, 2.05) is 106 Å². The molecule has 0 N–H and O–H groups in total. The van der Waals surface area contributed by atoms with Gasteiger partial charge in [-0.1, -0.05) is 50.4 Å². The molecule has 0 amide bonds. The summed E-state index contributed by atoms with van der Waals surface area (Å²) < 4.78 is 12.9. The number of allylic oxidation sites excluding steroid dienone is 11. The first-order valence-electron chi connectivity index (χ1n) is 20.0. The van der Waals surface area contributed by atoms with Crippen molar-refractivity contribution in [3.8, 4) is 11.1 Å². The van der Waals surface area contributed by atoms with Crippen LogP contribution in [0, 0.1) is 6.92 Å². The van der Waals surface area contributed by atoms with Crippen LogP contribution in [-0.2, 0) is 5.41 Å². The molecule has 289 valence electrons. The number of hydrogen-bond donors (Lipinski definition) is 0. The van der Waals surface area contributed by atoms with Gasteiger partial charge in [0.2, 0.25) is 0 Å². The van der Waals surface area contributed by atoms with E-state index < -0.39 is 0 Å². The van der Waals surface area contributed by atoms with Gasteiger partial charge in [0.1, 0.15) is 7.28 Å². The minimum Gasteiger partial charge on any atom is -0.112 e. The second kappa shape index (κ2) is 18.3. The molecule has 0 fully saturated rings. The molecule has 3 heterocycles. The summed E-state index contributed by atoms with van der Waals surface area (Å²) in [7, 11) is 6.02. The van der Waals surface area contributed by atoms with Gasteiger partial charge < -0.3 is 0 Å². The number of benzene rings is 2. The van der Waals surface area contributed by atoms with Crippen LogP contribution < -0.4 is 0 Å². The SMILES string of the molecule is C=C/C=C\C(=C)c1nc(/C([B]C)=C/C(=C\C)C(=C/[B]C)/c2oc(C(=C)c3ccc4c(c3)C(C)(C)c3ccc5ncoc5c3-4)c(C=BC)c2C)nc(C(/C=C\C)=C/[B]C)n1. The van der Waals surface area contributed by atoms with Crippen molar-refractivity contribution in [3.05, 3.63) is 173 Å². The van der Waals surface area contributed by atoms with E-state index in [1.54, 1.807) is 6.08 Å². The zero-order chi connectivity index (χ0) is 42.4. The summed E-state index contributed by atoms with van der Waals surface area (Å²) in [6.07, 6.45) is 15.0. The summed E-state index contributed by atoms with van der Waals surface area (Å²) in [5.74, 6) is 9.21. The number of oxazole rings is 1.